The van der Waals surface area contributed by atoms with Crippen molar-refractivity contribution in [1.29, 1.82) is 0 Å². The summed E-state index contributed by atoms with van der Waals surface area (Å²) in [5, 5.41) is 28.9. The third kappa shape index (κ3) is 2.80. The summed E-state index contributed by atoms with van der Waals surface area (Å²) in [7, 11) is 0. The zero-order chi connectivity index (χ0) is 14.7. The lowest BCUT2D eigenvalue weighted by molar-refractivity contribution is -0.384. The van der Waals surface area contributed by atoms with E-state index in [2.05, 4.69) is 0 Å². The molecule has 0 spiro atoms. The second-order valence-corrected chi connectivity index (χ2v) is 4.53. The highest BCUT2D eigenvalue weighted by atomic mass is 16.6. The monoisotopic (exact) mass is 281 g/mol. The van der Waals surface area contributed by atoms with Gasteiger partial charge in [-0.2, -0.15) is 0 Å². The van der Waals surface area contributed by atoms with Gasteiger partial charge in [-0.25, -0.2) is 4.79 Å². The third-order valence-electron chi connectivity index (χ3n) is 3.36. The first-order chi connectivity index (χ1) is 9.52. The second-order valence-electron chi connectivity index (χ2n) is 4.53. The molecule has 1 aliphatic rings. The maximum Gasteiger partial charge on any atom is 0.407 e. The standard InChI is InChI=1S/C12H15N3O5/c16-8-11-7-13(5-6-14(11)12(17)18)9-1-3-10(4-2-9)15(19)20/h1-4,11,16H,5-8H2,(H,17,18). The van der Waals surface area contributed by atoms with Crippen LogP contribution in [0, 0.1) is 10.1 Å². The fourth-order valence-corrected chi connectivity index (χ4v) is 2.28. The van der Waals surface area contributed by atoms with Crippen LogP contribution in [0.4, 0.5) is 16.2 Å². The first kappa shape index (κ1) is 14.1. The maximum absolute atomic E-state index is 11.0. The van der Waals surface area contributed by atoms with E-state index >= 15 is 0 Å². The van der Waals surface area contributed by atoms with E-state index in [1.807, 2.05) is 4.90 Å². The van der Waals surface area contributed by atoms with Crippen molar-refractivity contribution in [3.63, 3.8) is 0 Å². The van der Waals surface area contributed by atoms with Gasteiger partial charge in [0.25, 0.3) is 5.69 Å². The van der Waals surface area contributed by atoms with Crippen molar-refractivity contribution in [2.45, 2.75) is 6.04 Å². The number of anilines is 1. The molecule has 0 saturated carbocycles. The Labute approximate surface area is 115 Å². The van der Waals surface area contributed by atoms with Crippen LogP contribution in [0.1, 0.15) is 0 Å². The van der Waals surface area contributed by atoms with E-state index in [9.17, 15) is 20.0 Å². The van der Waals surface area contributed by atoms with E-state index in [1.165, 1.54) is 17.0 Å². The molecule has 0 aromatic heterocycles. The summed E-state index contributed by atoms with van der Waals surface area (Å²) in [5.41, 5.74) is 0.788. The minimum Gasteiger partial charge on any atom is -0.465 e. The fraction of sp³-hybridized carbons (Fsp3) is 0.417. The minimum atomic E-state index is -1.05. The topological polar surface area (TPSA) is 107 Å². The Balaban J connectivity index is 2.11. The number of rotatable bonds is 3. The number of carbonyl (C=O) groups is 1. The number of hydrogen-bond acceptors (Lipinski definition) is 5. The molecular formula is C12H15N3O5. The summed E-state index contributed by atoms with van der Waals surface area (Å²) < 4.78 is 0. The van der Waals surface area contributed by atoms with Gasteiger partial charge >= 0.3 is 6.09 Å². The van der Waals surface area contributed by atoms with E-state index in [0.717, 1.165) is 5.69 Å². The van der Waals surface area contributed by atoms with Crippen molar-refractivity contribution in [1.82, 2.24) is 4.90 Å². The molecule has 1 aromatic carbocycles. The Morgan fingerprint density at radius 2 is 2.00 bits per heavy atom. The predicted molar refractivity (Wildman–Crippen MR) is 70.9 cm³/mol. The smallest absolute Gasteiger partial charge is 0.407 e. The molecule has 1 saturated heterocycles. The van der Waals surface area contributed by atoms with Crippen molar-refractivity contribution >= 4 is 17.5 Å². The number of aliphatic hydroxyl groups excluding tert-OH is 1. The number of nitro groups is 1. The normalized spacial score (nSPS) is 18.9. The molecule has 20 heavy (non-hydrogen) atoms. The maximum atomic E-state index is 11.0. The molecule has 1 unspecified atom stereocenters. The second kappa shape index (κ2) is 5.74. The fourth-order valence-electron chi connectivity index (χ4n) is 2.28. The van der Waals surface area contributed by atoms with Gasteiger partial charge in [-0.1, -0.05) is 0 Å². The first-order valence-corrected chi connectivity index (χ1v) is 6.12. The predicted octanol–water partition coefficient (Wildman–Crippen LogP) is 0.756. The van der Waals surface area contributed by atoms with Gasteiger partial charge in [0.1, 0.15) is 0 Å². The average molecular weight is 281 g/mol. The van der Waals surface area contributed by atoms with Crippen LogP contribution in [-0.4, -0.2) is 58.4 Å². The van der Waals surface area contributed by atoms with Gasteiger partial charge in [0.2, 0.25) is 0 Å². The van der Waals surface area contributed by atoms with E-state index in [4.69, 9.17) is 5.11 Å². The zero-order valence-corrected chi connectivity index (χ0v) is 10.7. The van der Waals surface area contributed by atoms with Crippen molar-refractivity contribution in [3.8, 4) is 0 Å². The summed E-state index contributed by atoms with van der Waals surface area (Å²) in [6, 6.07) is 5.59. The molecule has 8 heteroatoms. The molecule has 1 fully saturated rings. The van der Waals surface area contributed by atoms with E-state index in [0.29, 0.717) is 13.1 Å². The van der Waals surface area contributed by atoms with Crippen LogP contribution >= 0.6 is 0 Å². The molecule has 1 aromatic rings. The molecule has 108 valence electrons. The van der Waals surface area contributed by atoms with Gasteiger partial charge in [0.15, 0.2) is 0 Å². The van der Waals surface area contributed by atoms with Crippen LogP contribution in [0.25, 0.3) is 0 Å². The van der Waals surface area contributed by atoms with Crippen LogP contribution in [0.3, 0.4) is 0 Å². The molecule has 2 rings (SSSR count). The molecule has 2 N–H and O–H groups in total. The van der Waals surface area contributed by atoms with Crippen molar-refractivity contribution in [2.75, 3.05) is 31.1 Å². The van der Waals surface area contributed by atoms with Crippen LogP contribution < -0.4 is 4.90 Å². The van der Waals surface area contributed by atoms with E-state index in [-0.39, 0.29) is 18.8 Å². The summed E-state index contributed by atoms with van der Waals surface area (Å²) >= 11 is 0. The van der Waals surface area contributed by atoms with Crippen LogP contribution in [0.2, 0.25) is 0 Å². The van der Waals surface area contributed by atoms with E-state index < -0.39 is 17.1 Å². The molecule has 1 heterocycles. The number of nitro benzene ring substituents is 1. The van der Waals surface area contributed by atoms with Crippen LogP contribution in [-0.2, 0) is 0 Å². The molecule has 0 aliphatic carbocycles. The molecule has 1 atom stereocenters. The Morgan fingerprint density at radius 3 is 2.50 bits per heavy atom. The first-order valence-electron chi connectivity index (χ1n) is 6.12. The SMILES string of the molecule is O=C(O)N1CCN(c2ccc([N+](=O)[O-])cc2)CC1CO. The lowest BCUT2D eigenvalue weighted by Gasteiger charge is -2.40. The Kier molecular flexibility index (Phi) is 4.04. The van der Waals surface area contributed by atoms with Crippen LogP contribution in [0.15, 0.2) is 24.3 Å². The van der Waals surface area contributed by atoms with Gasteiger partial charge in [-0.05, 0) is 12.1 Å². The Bertz CT molecular complexity index is 504. The number of nitrogens with zero attached hydrogens (tertiary/aromatic N) is 3. The number of non-ortho nitro benzene ring substituents is 1. The Hall–Kier alpha value is -2.35. The van der Waals surface area contributed by atoms with Crippen molar-refractivity contribution < 1.29 is 19.9 Å². The van der Waals surface area contributed by atoms with E-state index in [1.54, 1.807) is 12.1 Å². The lowest BCUT2D eigenvalue weighted by atomic mass is 10.1. The highest BCUT2D eigenvalue weighted by Crippen LogP contribution is 2.22. The molecule has 0 bridgehead atoms. The quantitative estimate of drug-likeness (QED) is 0.625. The summed E-state index contributed by atoms with van der Waals surface area (Å²) in [5.74, 6) is 0. The van der Waals surface area contributed by atoms with Crippen molar-refractivity contribution in [2.24, 2.45) is 0 Å². The number of aliphatic hydroxyl groups is 1. The van der Waals surface area contributed by atoms with Crippen LogP contribution in [0.5, 0.6) is 0 Å². The lowest BCUT2D eigenvalue weighted by Crippen LogP contribution is -2.56. The molecule has 1 amide bonds. The zero-order valence-electron chi connectivity index (χ0n) is 10.7. The summed E-state index contributed by atoms with van der Waals surface area (Å²) in [4.78, 5) is 24.2. The number of amides is 1. The van der Waals surface area contributed by atoms with Gasteiger partial charge in [0.05, 0.1) is 17.6 Å². The van der Waals surface area contributed by atoms with Gasteiger partial charge < -0.3 is 15.1 Å². The van der Waals surface area contributed by atoms with Gasteiger partial charge in [0, 0.05) is 37.5 Å². The summed E-state index contributed by atoms with van der Waals surface area (Å²) in [6.07, 6.45) is -1.05. The average Bonchev–Trinajstić information content (AvgIpc) is 2.46. The molecule has 0 radical (unpaired) electrons. The highest BCUT2D eigenvalue weighted by molar-refractivity contribution is 5.66. The molecule has 8 nitrogen and oxygen atoms in total. The number of carboxylic acid groups (broad SMARTS) is 1. The van der Waals surface area contributed by atoms with Crippen molar-refractivity contribution in [3.05, 3.63) is 34.4 Å². The molecular weight excluding hydrogens is 266 g/mol. The number of benzene rings is 1. The number of piperazine rings is 1. The minimum absolute atomic E-state index is 0.0108. The third-order valence-corrected chi connectivity index (χ3v) is 3.36. The number of hydrogen-bond donors (Lipinski definition) is 2. The van der Waals surface area contributed by atoms with Gasteiger partial charge in [-0.3, -0.25) is 15.0 Å². The largest absolute Gasteiger partial charge is 0.465 e. The molecule has 1 aliphatic heterocycles. The summed E-state index contributed by atoms with van der Waals surface area (Å²) in [6.45, 7) is 0.883. The highest BCUT2D eigenvalue weighted by Gasteiger charge is 2.29. The Morgan fingerprint density at radius 1 is 1.35 bits per heavy atom. The van der Waals surface area contributed by atoms with Gasteiger partial charge in [-0.15, -0.1) is 0 Å².